The molecule has 2 fully saturated rings. The smallest absolute Gasteiger partial charge is 0.338 e. The van der Waals surface area contributed by atoms with E-state index in [1.54, 1.807) is 6.20 Å². The summed E-state index contributed by atoms with van der Waals surface area (Å²) in [6, 6.07) is 7.68. The quantitative estimate of drug-likeness (QED) is 0.507. The van der Waals surface area contributed by atoms with Gasteiger partial charge in [0.2, 0.25) is 5.91 Å². The van der Waals surface area contributed by atoms with Crippen molar-refractivity contribution in [3.63, 3.8) is 0 Å². The second-order valence-electron chi connectivity index (χ2n) is 9.13. The minimum absolute atomic E-state index is 0.0580. The number of hydrogen-bond donors (Lipinski definition) is 0. The maximum Gasteiger partial charge on any atom is 0.338 e. The Bertz CT molecular complexity index is 1260. The van der Waals surface area contributed by atoms with Gasteiger partial charge >= 0.3 is 5.97 Å². The average Bonchev–Trinajstić information content (AvgIpc) is 3.55. The fraction of sp³-hybridized carbons (Fsp3) is 0.417. The molecule has 2 aromatic heterocycles. The van der Waals surface area contributed by atoms with E-state index in [1.807, 2.05) is 36.1 Å². The number of morpholine rings is 1. The van der Waals surface area contributed by atoms with E-state index in [0.717, 1.165) is 35.5 Å². The number of ether oxygens (including phenoxy) is 2. The molecular weight excluding hydrogens is 450 g/mol. The Morgan fingerprint density at radius 2 is 2.09 bits per heavy atom. The Kier molecular flexibility index (Phi) is 5.50. The van der Waals surface area contributed by atoms with E-state index in [2.05, 4.69) is 25.4 Å². The zero-order chi connectivity index (χ0) is 23.9. The molecule has 2 unspecified atom stereocenters. The van der Waals surface area contributed by atoms with Gasteiger partial charge in [0.25, 0.3) is 0 Å². The van der Waals surface area contributed by atoms with E-state index in [-0.39, 0.29) is 30.4 Å². The first kappa shape index (κ1) is 21.8. The van der Waals surface area contributed by atoms with Gasteiger partial charge in [-0.05, 0) is 46.7 Å². The Morgan fingerprint density at radius 1 is 1.17 bits per heavy atom. The Labute approximate surface area is 201 Å². The largest absolute Gasteiger partial charge is 0.457 e. The predicted molar refractivity (Wildman–Crippen MR) is 122 cm³/mol. The molecule has 3 aliphatic heterocycles. The van der Waals surface area contributed by atoms with Crippen molar-refractivity contribution in [2.75, 3.05) is 32.8 Å². The van der Waals surface area contributed by atoms with Crippen LogP contribution in [0.4, 0.5) is 0 Å². The zero-order valence-electron chi connectivity index (χ0n) is 19.3. The molecule has 2 atom stereocenters. The van der Waals surface area contributed by atoms with Gasteiger partial charge in [0, 0.05) is 37.4 Å². The summed E-state index contributed by atoms with van der Waals surface area (Å²) in [7, 11) is 0. The zero-order valence-corrected chi connectivity index (χ0v) is 19.3. The first-order valence-corrected chi connectivity index (χ1v) is 11.7. The maximum absolute atomic E-state index is 13.0. The molecular formula is C24H25N7O4. The van der Waals surface area contributed by atoms with Crippen LogP contribution in [0.2, 0.25) is 0 Å². The molecule has 1 amide bonds. The second kappa shape index (κ2) is 8.82. The average molecular weight is 476 g/mol. The molecule has 3 aromatic rings. The monoisotopic (exact) mass is 475 g/mol. The van der Waals surface area contributed by atoms with Crippen LogP contribution in [0, 0.1) is 6.92 Å². The van der Waals surface area contributed by atoms with Crippen LogP contribution >= 0.6 is 0 Å². The highest BCUT2D eigenvalue weighted by atomic mass is 16.5. The van der Waals surface area contributed by atoms with E-state index in [9.17, 15) is 9.59 Å². The maximum atomic E-state index is 13.0. The lowest BCUT2D eigenvalue weighted by Crippen LogP contribution is -2.59. The molecule has 180 valence electrons. The number of piperazine rings is 1. The molecule has 5 heterocycles. The van der Waals surface area contributed by atoms with Gasteiger partial charge in [-0.1, -0.05) is 6.07 Å². The van der Waals surface area contributed by atoms with Crippen LogP contribution in [0.25, 0.3) is 5.69 Å². The molecule has 0 bridgehead atoms. The fourth-order valence-electron chi connectivity index (χ4n) is 5.12. The highest BCUT2D eigenvalue weighted by Gasteiger charge is 2.36. The van der Waals surface area contributed by atoms with Crippen molar-refractivity contribution in [3.05, 3.63) is 64.7 Å². The van der Waals surface area contributed by atoms with Crippen LogP contribution in [0.3, 0.4) is 0 Å². The van der Waals surface area contributed by atoms with Crippen molar-refractivity contribution < 1.29 is 19.1 Å². The highest BCUT2D eigenvalue weighted by Crippen LogP contribution is 2.33. The molecule has 0 radical (unpaired) electrons. The molecule has 2 saturated heterocycles. The van der Waals surface area contributed by atoms with Crippen LogP contribution in [-0.4, -0.2) is 85.7 Å². The molecule has 3 aliphatic rings. The van der Waals surface area contributed by atoms with E-state index in [4.69, 9.17) is 9.47 Å². The second-order valence-corrected chi connectivity index (χ2v) is 9.13. The number of carbonyl (C=O) groups excluding carboxylic acids is 2. The van der Waals surface area contributed by atoms with Crippen LogP contribution in [-0.2, 0) is 27.3 Å². The van der Waals surface area contributed by atoms with E-state index in [1.165, 1.54) is 11.0 Å². The standard InChI is InChI=1S/C24H25N7O4/c1-15-19(4-5-20-21(15)13-35-24(20)33)22-11-29-6-7-30(10-18(29)12-34-22)23(32)8-16-2-3-17(9-25-16)31-14-26-27-28-31/h2-5,9,14,18,22H,6-8,10-13H2,1H3. The van der Waals surface area contributed by atoms with Crippen molar-refractivity contribution in [2.24, 2.45) is 0 Å². The Balaban J connectivity index is 1.07. The molecule has 0 aliphatic carbocycles. The third kappa shape index (κ3) is 4.06. The molecule has 1 aromatic carbocycles. The number of amides is 1. The number of fused-ring (bicyclic) bond motifs is 2. The third-order valence-electron chi connectivity index (χ3n) is 7.16. The predicted octanol–water partition coefficient (Wildman–Crippen LogP) is 0.863. The molecule has 11 nitrogen and oxygen atoms in total. The highest BCUT2D eigenvalue weighted by molar-refractivity contribution is 5.94. The number of benzene rings is 1. The summed E-state index contributed by atoms with van der Waals surface area (Å²) in [6.07, 6.45) is 3.35. The number of esters is 1. The normalized spacial score (nSPS) is 22.0. The Morgan fingerprint density at radius 3 is 2.89 bits per heavy atom. The molecule has 11 heteroatoms. The first-order chi connectivity index (χ1) is 17.1. The van der Waals surface area contributed by atoms with Gasteiger partial charge in [-0.3, -0.25) is 14.7 Å². The van der Waals surface area contributed by atoms with Gasteiger partial charge in [0.1, 0.15) is 12.9 Å². The topological polar surface area (TPSA) is 116 Å². The summed E-state index contributed by atoms with van der Waals surface area (Å²) in [4.78, 5) is 33.5. The van der Waals surface area contributed by atoms with Crippen LogP contribution in [0.1, 0.15) is 38.8 Å². The summed E-state index contributed by atoms with van der Waals surface area (Å²) in [5.41, 5.74) is 5.26. The van der Waals surface area contributed by atoms with Crippen molar-refractivity contribution in [2.45, 2.75) is 32.1 Å². The number of nitrogens with zero attached hydrogens (tertiary/aromatic N) is 7. The number of carbonyl (C=O) groups is 2. The number of tetrazole rings is 1. The van der Waals surface area contributed by atoms with Crippen LogP contribution in [0.5, 0.6) is 0 Å². The van der Waals surface area contributed by atoms with Gasteiger partial charge in [-0.2, -0.15) is 4.68 Å². The van der Waals surface area contributed by atoms with Crippen molar-refractivity contribution in [3.8, 4) is 5.69 Å². The van der Waals surface area contributed by atoms with Gasteiger partial charge in [0.05, 0.1) is 42.6 Å². The minimum atomic E-state index is -0.251. The number of cyclic esters (lactones) is 1. The summed E-state index contributed by atoms with van der Waals surface area (Å²) < 4.78 is 13.0. The number of aromatic nitrogens is 5. The van der Waals surface area contributed by atoms with Gasteiger partial charge in [0.15, 0.2) is 0 Å². The molecule has 0 spiro atoms. The van der Waals surface area contributed by atoms with Gasteiger partial charge in [-0.25, -0.2) is 4.79 Å². The van der Waals surface area contributed by atoms with Crippen LogP contribution in [0.15, 0.2) is 36.8 Å². The van der Waals surface area contributed by atoms with E-state index < -0.39 is 0 Å². The lowest BCUT2D eigenvalue weighted by Gasteiger charge is -2.46. The molecule has 0 saturated carbocycles. The van der Waals surface area contributed by atoms with Gasteiger partial charge < -0.3 is 14.4 Å². The minimum Gasteiger partial charge on any atom is -0.457 e. The molecule has 35 heavy (non-hydrogen) atoms. The lowest BCUT2D eigenvalue weighted by atomic mass is 9.94. The summed E-state index contributed by atoms with van der Waals surface area (Å²) in [5.74, 6) is -0.188. The van der Waals surface area contributed by atoms with E-state index in [0.29, 0.717) is 37.6 Å². The fourth-order valence-corrected chi connectivity index (χ4v) is 5.12. The summed E-state index contributed by atoms with van der Waals surface area (Å²) in [6.45, 7) is 5.80. The lowest BCUT2D eigenvalue weighted by molar-refractivity contribution is -0.139. The third-order valence-corrected chi connectivity index (χ3v) is 7.16. The first-order valence-electron chi connectivity index (χ1n) is 11.7. The van der Waals surface area contributed by atoms with Crippen molar-refractivity contribution in [1.29, 1.82) is 0 Å². The summed E-state index contributed by atoms with van der Waals surface area (Å²) in [5, 5.41) is 11.1. The van der Waals surface area contributed by atoms with Crippen molar-refractivity contribution in [1.82, 2.24) is 35.0 Å². The van der Waals surface area contributed by atoms with E-state index >= 15 is 0 Å². The molecule has 0 N–H and O–H groups in total. The number of hydrogen-bond acceptors (Lipinski definition) is 9. The summed E-state index contributed by atoms with van der Waals surface area (Å²) >= 11 is 0. The van der Waals surface area contributed by atoms with Crippen LogP contribution < -0.4 is 0 Å². The number of rotatable bonds is 4. The van der Waals surface area contributed by atoms with Gasteiger partial charge in [-0.15, -0.1) is 5.10 Å². The molecule has 6 rings (SSSR count). The van der Waals surface area contributed by atoms with Crippen molar-refractivity contribution >= 4 is 11.9 Å². The SMILES string of the molecule is Cc1c(C2CN3CCN(C(=O)Cc4ccc(-n5cnnn5)cn4)CC3CO2)ccc2c1COC2=O. The Hall–Kier alpha value is -3.70. The number of pyridine rings is 1.